The highest BCUT2D eigenvalue weighted by molar-refractivity contribution is 6.30. The van der Waals surface area contributed by atoms with Gasteiger partial charge in [0.1, 0.15) is 11.6 Å². The molecule has 0 aliphatic rings. The summed E-state index contributed by atoms with van der Waals surface area (Å²) < 4.78 is 18.6. The molecule has 0 aliphatic heterocycles. The molecule has 0 saturated heterocycles. The minimum atomic E-state index is -0.299. The predicted octanol–water partition coefficient (Wildman–Crippen LogP) is 3.67. The monoisotopic (exact) mass is 364 g/mol. The summed E-state index contributed by atoms with van der Waals surface area (Å²) in [5, 5.41) is 3.56. The Morgan fingerprint density at radius 1 is 1.16 bits per heavy atom. The van der Waals surface area contributed by atoms with Crippen molar-refractivity contribution < 1.29 is 13.9 Å². The molecule has 0 saturated carbocycles. The molecule has 2 rings (SSSR count). The smallest absolute Gasteiger partial charge is 0.258 e. The first-order chi connectivity index (χ1) is 11.9. The Morgan fingerprint density at radius 2 is 1.80 bits per heavy atom. The van der Waals surface area contributed by atoms with Gasteiger partial charge in [-0.2, -0.15) is 0 Å². The normalized spacial score (nSPS) is 12.0. The molecule has 1 atom stereocenters. The van der Waals surface area contributed by atoms with Gasteiger partial charge in [0.25, 0.3) is 5.91 Å². The van der Waals surface area contributed by atoms with Gasteiger partial charge in [-0.3, -0.25) is 4.79 Å². The summed E-state index contributed by atoms with van der Waals surface area (Å²) >= 11 is 5.82. The van der Waals surface area contributed by atoms with Crippen LogP contribution in [-0.4, -0.2) is 38.1 Å². The number of rotatable bonds is 8. The van der Waals surface area contributed by atoms with Crippen LogP contribution < -0.4 is 10.1 Å². The fourth-order valence-corrected chi connectivity index (χ4v) is 2.45. The van der Waals surface area contributed by atoms with E-state index in [4.69, 9.17) is 16.3 Å². The highest BCUT2D eigenvalue weighted by atomic mass is 35.5. The molecule has 2 aromatic rings. The number of benzene rings is 2. The molecule has 0 aliphatic carbocycles. The number of amides is 1. The fourth-order valence-electron chi connectivity index (χ4n) is 2.32. The second-order valence-corrected chi connectivity index (χ2v) is 6.44. The van der Waals surface area contributed by atoms with E-state index >= 15 is 0 Å². The van der Waals surface area contributed by atoms with Crippen molar-refractivity contribution in [1.82, 2.24) is 10.2 Å². The van der Waals surface area contributed by atoms with Crippen molar-refractivity contribution in [3.8, 4) is 5.75 Å². The Bertz CT molecular complexity index is 675. The number of nitrogens with one attached hydrogen (secondary N) is 1. The molecule has 0 heterocycles. The van der Waals surface area contributed by atoms with Crippen LogP contribution in [0.2, 0.25) is 5.02 Å². The van der Waals surface area contributed by atoms with Gasteiger partial charge in [-0.1, -0.05) is 23.7 Å². The highest BCUT2D eigenvalue weighted by Crippen LogP contribution is 2.18. The van der Waals surface area contributed by atoms with E-state index in [0.29, 0.717) is 17.2 Å². The number of hydrogen-bond acceptors (Lipinski definition) is 3. The molecule has 1 unspecified atom stereocenters. The number of hydrogen-bond donors (Lipinski definition) is 1. The maximum atomic E-state index is 13.1. The average molecular weight is 365 g/mol. The lowest BCUT2D eigenvalue weighted by molar-refractivity contribution is -0.123. The summed E-state index contributed by atoms with van der Waals surface area (Å²) in [7, 11) is 3.93. The minimum Gasteiger partial charge on any atom is -0.484 e. The van der Waals surface area contributed by atoms with Gasteiger partial charge in [-0.25, -0.2) is 4.39 Å². The Hall–Kier alpha value is -2.11. The third-order valence-corrected chi connectivity index (χ3v) is 3.91. The average Bonchev–Trinajstić information content (AvgIpc) is 2.59. The lowest BCUT2D eigenvalue weighted by Gasteiger charge is -2.21. The van der Waals surface area contributed by atoms with Gasteiger partial charge in [0.15, 0.2) is 6.61 Å². The first-order valence-electron chi connectivity index (χ1n) is 8.02. The van der Waals surface area contributed by atoms with Gasteiger partial charge in [0.05, 0.1) is 6.04 Å². The summed E-state index contributed by atoms with van der Waals surface area (Å²) in [4.78, 5) is 14.3. The summed E-state index contributed by atoms with van der Waals surface area (Å²) in [6.07, 6.45) is 0.714. The molecule has 4 nitrogen and oxygen atoms in total. The number of halogens is 2. The van der Waals surface area contributed by atoms with Crippen molar-refractivity contribution in [3.05, 3.63) is 64.9 Å². The van der Waals surface area contributed by atoms with Crippen molar-refractivity contribution >= 4 is 17.5 Å². The van der Waals surface area contributed by atoms with Gasteiger partial charge in [0.2, 0.25) is 0 Å². The van der Waals surface area contributed by atoms with Crippen LogP contribution in [0.5, 0.6) is 5.75 Å². The van der Waals surface area contributed by atoms with Crippen molar-refractivity contribution in [1.29, 1.82) is 0 Å². The Kier molecular flexibility index (Phi) is 7.22. The summed E-state index contributed by atoms with van der Waals surface area (Å²) in [5.74, 6) is 0.0433. The van der Waals surface area contributed by atoms with Crippen LogP contribution in [-0.2, 0) is 4.79 Å². The molecule has 1 N–H and O–H groups in total. The van der Waals surface area contributed by atoms with Crippen molar-refractivity contribution in [2.75, 3.05) is 27.2 Å². The van der Waals surface area contributed by atoms with E-state index in [9.17, 15) is 9.18 Å². The van der Waals surface area contributed by atoms with Gasteiger partial charge in [-0.15, -0.1) is 0 Å². The van der Waals surface area contributed by atoms with Crippen LogP contribution in [0.1, 0.15) is 18.0 Å². The zero-order valence-electron chi connectivity index (χ0n) is 14.3. The van der Waals surface area contributed by atoms with Crippen LogP contribution in [0.3, 0.4) is 0 Å². The van der Waals surface area contributed by atoms with Gasteiger partial charge in [0, 0.05) is 5.02 Å². The summed E-state index contributed by atoms with van der Waals surface area (Å²) in [6, 6.07) is 12.8. The largest absolute Gasteiger partial charge is 0.484 e. The van der Waals surface area contributed by atoms with Crippen LogP contribution in [0.4, 0.5) is 4.39 Å². The summed E-state index contributed by atoms with van der Waals surface area (Å²) in [6.45, 7) is 0.696. The van der Waals surface area contributed by atoms with Gasteiger partial charge >= 0.3 is 0 Å². The highest BCUT2D eigenvalue weighted by Gasteiger charge is 2.15. The molecular formula is C19H22ClFN2O2. The molecule has 6 heteroatoms. The molecule has 134 valence electrons. The van der Waals surface area contributed by atoms with E-state index in [2.05, 4.69) is 5.32 Å². The topological polar surface area (TPSA) is 41.6 Å². The standard InChI is InChI=1S/C19H22ClFN2O2/c1-23(2)12-11-18(14-3-7-16(21)8-4-14)22-19(24)13-25-17-9-5-15(20)6-10-17/h3-10,18H,11-13H2,1-2H3,(H,22,24). The van der Waals surface area contributed by atoms with E-state index < -0.39 is 0 Å². The SMILES string of the molecule is CN(C)CCC(NC(=O)COc1ccc(Cl)cc1)c1ccc(F)cc1. The molecule has 25 heavy (non-hydrogen) atoms. The maximum absolute atomic E-state index is 13.1. The second-order valence-electron chi connectivity index (χ2n) is 6.01. The van der Waals surface area contributed by atoms with Crippen molar-refractivity contribution in [3.63, 3.8) is 0 Å². The lowest BCUT2D eigenvalue weighted by atomic mass is 10.0. The Labute approximate surface area is 152 Å². The van der Waals surface area contributed by atoms with Crippen LogP contribution in [0.25, 0.3) is 0 Å². The molecule has 1 amide bonds. The molecule has 0 bridgehead atoms. The number of carbonyl (C=O) groups is 1. The zero-order chi connectivity index (χ0) is 18.2. The second kappa shape index (κ2) is 9.39. The van der Waals surface area contributed by atoms with Crippen molar-refractivity contribution in [2.45, 2.75) is 12.5 Å². The van der Waals surface area contributed by atoms with Crippen LogP contribution >= 0.6 is 11.6 Å². The number of ether oxygens (including phenoxy) is 1. The Balaban J connectivity index is 1.95. The molecule has 0 aromatic heterocycles. The maximum Gasteiger partial charge on any atom is 0.258 e. The molecule has 0 spiro atoms. The lowest BCUT2D eigenvalue weighted by Crippen LogP contribution is -2.34. The third-order valence-electron chi connectivity index (χ3n) is 3.66. The Morgan fingerprint density at radius 3 is 2.40 bits per heavy atom. The molecule has 0 fully saturated rings. The molecule has 0 radical (unpaired) electrons. The van der Waals surface area contributed by atoms with Gasteiger partial charge in [-0.05, 0) is 69.0 Å². The minimum absolute atomic E-state index is 0.0959. The first-order valence-corrected chi connectivity index (χ1v) is 8.40. The van der Waals surface area contributed by atoms with E-state index in [-0.39, 0.29) is 24.4 Å². The quantitative estimate of drug-likeness (QED) is 0.777. The third kappa shape index (κ3) is 6.72. The molecule has 2 aromatic carbocycles. The molecular weight excluding hydrogens is 343 g/mol. The van der Waals surface area contributed by atoms with E-state index in [1.165, 1.54) is 12.1 Å². The van der Waals surface area contributed by atoms with E-state index in [1.807, 2.05) is 19.0 Å². The van der Waals surface area contributed by atoms with Crippen molar-refractivity contribution in [2.24, 2.45) is 0 Å². The van der Waals surface area contributed by atoms with Crippen LogP contribution in [0.15, 0.2) is 48.5 Å². The number of carbonyl (C=O) groups excluding carboxylic acids is 1. The van der Waals surface area contributed by atoms with Crippen LogP contribution in [0, 0.1) is 5.82 Å². The number of nitrogens with zero attached hydrogens (tertiary/aromatic N) is 1. The fraction of sp³-hybridized carbons (Fsp3) is 0.316. The summed E-state index contributed by atoms with van der Waals surface area (Å²) in [5.41, 5.74) is 0.864. The zero-order valence-corrected chi connectivity index (χ0v) is 15.1. The van der Waals surface area contributed by atoms with E-state index in [1.54, 1.807) is 36.4 Å². The first kappa shape index (κ1) is 19.2. The van der Waals surface area contributed by atoms with Gasteiger partial charge < -0.3 is 15.0 Å². The predicted molar refractivity (Wildman–Crippen MR) is 97.4 cm³/mol. The van der Waals surface area contributed by atoms with E-state index in [0.717, 1.165) is 12.1 Å².